The van der Waals surface area contributed by atoms with Crippen LogP contribution in [0, 0.1) is 18.6 Å². The van der Waals surface area contributed by atoms with Crippen molar-refractivity contribution in [2.75, 3.05) is 11.1 Å². The average Bonchev–Trinajstić information content (AvgIpc) is 2.62. The van der Waals surface area contributed by atoms with Gasteiger partial charge in [-0.15, -0.1) is 0 Å². The standard InChI is InChI=1S/C11H9F2N3OS/c1-5-9(18-11(14)15-5)10(17)16-8-3-2-6(12)4-7(8)13/h2-4H,1H3,(H2,14,15)(H,16,17). The lowest BCUT2D eigenvalue weighted by atomic mass is 10.3. The number of amides is 1. The molecule has 0 atom stereocenters. The smallest absolute Gasteiger partial charge is 0.267 e. The second-order valence-corrected chi connectivity index (χ2v) is 4.58. The van der Waals surface area contributed by atoms with Crippen LogP contribution in [0.5, 0.6) is 0 Å². The molecule has 2 aromatic rings. The predicted molar refractivity (Wildman–Crippen MR) is 65.6 cm³/mol. The molecule has 0 saturated heterocycles. The molecule has 1 amide bonds. The monoisotopic (exact) mass is 269 g/mol. The highest BCUT2D eigenvalue weighted by molar-refractivity contribution is 7.17. The Morgan fingerprint density at radius 2 is 2.17 bits per heavy atom. The second-order valence-electron chi connectivity index (χ2n) is 3.54. The minimum Gasteiger partial charge on any atom is -0.375 e. The molecule has 0 fully saturated rings. The van der Waals surface area contributed by atoms with Gasteiger partial charge < -0.3 is 11.1 Å². The van der Waals surface area contributed by atoms with Crippen molar-refractivity contribution in [3.05, 3.63) is 40.4 Å². The van der Waals surface area contributed by atoms with Gasteiger partial charge in [0.25, 0.3) is 5.91 Å². The molecular weight excluding hydrogens is 260 g/mol. The molecule has 0 aliphatic rings. The molecule has 7 heteroatoms. The molecule has 94 valence electrons. The fourth-order valence-electron chi connectivity index (χ4n) is 1.40. The van der Waals surface area contributed by atoms with E-state index in [9.17, 15) is 13.6 Å². The number of halogens is 2. The number of nitrogen functional groups attached to an aromatic ring is 1. The van der Waals surface area contributed by atoms with E-state index in [0.717, 1.165) is 23.5 Å². The first-order valence-corrected chi connectivity index (χ1v) is 5.78. The lowest BCUT2D eigenvalue weighted by Gasteiger charge is -2.05. The summed E-state index contributed by atoms with van der Waals surface area (Å²) in [4.78, 5) is 16.0. The Morgan fingerprint density at radius 1 is 1.44 bits per heavy atom. The van der Waals surface area contributed by atoms with Crippen molar-refractivity contribution < 1.29 is 13.6 Å². The molecule has 0 bridgehead atoms. The number of aryl methyl sites for hydroxylation is 1. The number of carbonyl (C=O) groups excluding carboxylic acids is 1. The van der Waals surface area contributed by atoms with E-state index in [4.69, 9.17) is 5.73 Å². The summed E-state index contributed by atoms with van der Waals surface area (Å²) in [6.45, 7) is 1.63. The summed E-state index contributed by atoms with van der Waals surface area (Å²) in [5.74, 6) is -2.06. The number of carbonyl (C=O) groups is 1. The fourth-order valence-corrected chi connectivity index (χ4v) is 2.13. The zero-order chi connectivity index (χ0) is 13.3. The molecule has 1 aromatic heterocycles. The molecular formula is C11H9F2N3OS. The number of rotatable bonds is 2. The number of aromatic nitrogens is 1. The number of thiazole rings is 1. The van der Waals surface area contributed by atoms with E-state index < -0.39 is 17.5 Å². The number of nitrogens with zero attached hydrogens (tertiary/aromatic N) is 1. The normalized spacial score (nSPS) is 10.4. The van der Waals surface area contributed by atoms with Gasteiger partial charge in [-0.05, 0) is 19.1 Å². The van der Waals surface area contributed by atoms with Gasteiger partial charge in [-0.2, -0.15) is 0 Å². The molecule has 0 radical (unpaired) electrons. The molecule has 2 rings (SSSR count). The highest BCUT2D eigenvalue weighted by atomic mass is 32.1. The quantitative estimate of drug-likeness (QED) is 0.880. The van der Waals surface area contributed by atoms with Crippen molar-refractivity contribution in [1.82, 2.24) is 4.98 Å². The van der Waals surface area contributed by atoms with Gasteiger partial charge in [-0.25, -0.2) is 13.8 Å². The van der Waals surface area contributed by atoms with Crippen LogP contribution in [0.4, 0.5) is 19.6 Å². The van der Waals surface area contributed by atoms with E-state index in [1.54, 1.807) is 6.92 Å². The molecule has 4 nitrogen and oxygen atoms in total. The van der Waals surface area contributed by atoms with Crippen LogP contribution < -0.4 is 11.1 Å². The summed E-state index contributed by atoms with van der Waals surface area (Å²) < 4.78 is 26.0. The van der Waals surface area contributed by atoms with E-state index >= 15 is 0 Å². The van der Waals surface area contributed by atoms with E-state index in [-0.39, 0.29) is 10.8 Å². The van der Waals surface area contributed by atoms with Crippen LogP contribution in [0.25, 0.3) is 0 Å². The van der Waals surface area contributed by atoms with E-state index in [1.807, 2.05) is 0 Å². The maximum absolute atomic E-state index is 13.3. The highest BCUT2D eigenvalue weighted by Crippen LogP contribution is 2.22. The molecule has 0 saturated carbocycles. The summed E-state index contributed by atoms with van der Waals surface area (Å²) in [7, 11) is 0. The molecule has 1 heterocycles. The fraction of sp³-hybridized carbons (Fsp3) is 0.0909. The van der Waals surface area contributed by atoms with Crippen molar-refractivity contribution in [2.45, 2.75) is 6.92 Å². The Balaban J connectivity index is 2.24. The Labute approximate surface area is 105 Å². The summed E-state index contributed by atoms with van der Waals surface area (Å²) in [5, 5.41) is 2.60. The van der Waals surface area contributed by atoms with Crippen LogP contribution in [0.2, 0.25) is 0 Å². The average molecular weight is 269 g/mol. The van der Waals surface area contributed by atoms with Crippen LogP contribution in [0.15, 0.2) is 18.2 Å². The van der Waals surface area contributed by atoms with Gasteiger partial charge in [-0.1, -0.05) is 11.3 Å². The van der Waals surface area contributed by atoms with Crippen LogP contribution in [0.3, 0.4) is 0 Å². The van der Waals surface area contributed by atoms with E-state index in [0.29, 0.717) is 16.6 Å². The number of nitrogens with one attached hydrogen (secondary N) is 1. The second kappa shape index (κ2) is 4.69. The molecule has 0 unspecified atom stereocenters. The molecule has 18 heavy (non-hydrogen) atoms. The van der Waals surface area contributed by atoms with Crippen molar-refractivity contribution >= 4 is 28.1 Å². The highest BCUT2D eigenvalue weighted by Gasteiger charge is 2.15. The van der Waals surface area contributed by atoms with Crippen LogP contribution in [-0.4, -0.2) is 10.9 Å². The predicted octanol–water partition coefficient (Wildman–Crippen LogP) is 2.56. The third-order valence-electron chi connectivity index (χ3n) is 2.20. The topological polar surface area (TPSA) is 68.0 Å². The molecule has 3 N–H and O–H groups in total. The lowest BCUT2D eigenvalue weighted by Crippen LogP contribution is -2.12. The first kappa shape index (κ1) is 12.4. The Kier molecular flexibility index (Phi) is 3.24. The maximum Gasteiger partial charge on any atom is 0.267 e. The summed E-state index contributed by atoms with van der Waals surface area (Å²) in [6, 6.07) is 2.92. The summed E-state index contributed by atoms with van der Waals surface area (Å²) in [6.07, 6.45) is 0. The zero-order valence-corrected chi connectivity index (χ0v) is 10.1. The van der Waals surface area contributed by atoms with Crippen LogP contribution >= 0.6 is 11.3 Å². The Bertz CT molecular complexity index is 612. The van der Waals surface area contributed by atoms with Gasteiger partial charge in [0.15, 0.2) is 5.13 Å². The molecule has 0 aliphatic carbocycles. The van der Waals surface area contributed by atoms with Gasteiger partial charge in [-0.3, -0.25) is 4.79 Å². The summed E-state index contributed by atoms with van der Waals surface area (Å²) >= 11 is 1.01. The minimum absolute atomic E-state index is 0.0900. The molecule has 1 aromatic carbocycles. The number of anilines is 2. The first-order chi connectivity index (χ1) is 8.47. The van der Waals surface area contributed by atoms with Gasteiger partial charge in [0, 0.05) is 6.07 Å². The number of benzene rings is 1. The third kappa shape index (κ3) is 2.45. The number of hydrogen-bond donors (Lipinski definition) is 2. The van der Waals surface area contributed by atoms with Gasteiger partial charge >= 0.3 is 0 Å². The van der Waals surface area contributed by atoms with Crippen molar-refractivity contribution in [1.29, 1.82) is 0 Å². The number of nitrogens with two attached hydrogens (primary N) is 1. The SMILES string of the molecule is Cc1nc(N)sc1C(=O)Nc1ccc(F)cc1F. The van der Waals surface area contributed by atoms with Crippen LogP contribution in [-0.2, 0) is 0 Å². The number of hydrogen-bond acceptors (Lipinski definition) is 4. The lowest BCUT2D eigenvalue weighted by molar-refractivity contribution is 0.102. The van der Waals surface area contributed by atoms with E-state index in [2.05, 4.69) is 10.3 Å². The maximum atomic E-state index is 13.3. The zero-order valence-electron chi connectivity index (χ0n) is 9.33. The largest absolute Gasteiger partial charge is 0.375 e. The minimum atomic E-state index is -0.835. The van der Waals surface area contributed by atoms with Crippen LogP contribution in [0.1, 0.15) is 15.4 Å². The molecule has 0 spiro atoms. The summed E-state index contributed by atoms with van der Waals surface area (Å²) in [5.41, 5.74) is 5.84. The van der Waals surface area contributed by atoms with Gasteiger partial charge in [0.05, 0.1) is 11.4 Å². The van der Waals surface area contributed by atoms with E-state index in [1.165, 1.54) is 0 Å². The Morgan fingerprint density at radius 3 is 2.72 bits per heavy atom. The first-order valence-electron chi connectivity index (χ1n) is 4.96. The third-order valence-corrected chi connectivity index (χ3v) is 3.18. The Hall–Kier alpha value is -2.02. The van der Waals surface area contributed by atoms with Gasteiger partial charge in [0.1, 0.15) is 16.5 Å². The van der Waals surface area contributed by atoms with Crippen molar-refractivity contribution in [2.24, 2.45) is 0 Å². The molecule has 0 aliphatic heterocycles. The van der Waals surface area contributed by atoms with Gasteiger partial charge in [0.2, 0.25) is 0 Å². The van der Waals surface area contributed by atoms with Crippen molar-refractivity contribution in [3.8, 4) is 0 Å². The van der Waals surface area contributed by atoms with Crippen molar-refractivity contribution in [3.63, 3.8) is 0 Å².